The summed E-state index contributed by atoms with van der Waals surface area (Å²) in [5.74, 6) is -1.54. The van der Waals surface area contributed by atoms with Gasteiger partial charge in [0.1, 0.15) is 54.9 Å². The predicted molar refractivity (Wildman–Crippen MR) is 142 cm³/mol. The molecule has 0 aromatic carbocycles. The highest BCUT2D eigenvalue weighted by atomic mass is 32.3. The molecule has 21 heteroatoms. The molecule has 3 rings (SSSR count). The van der Waals surface area contributed by atoms with Crippen LogP contribution in [0.25, 0.3) is 0 Å². The monoisotopic (exact) mass is 678 g/mol. The Kier molecular flexibility index (Phi) is 13.0. The molecule has 0 aliphatic carbocycles. The normalized spacial score (nSPS) is 42.6. The first kappa shape index (κ1) is 37.8. The van der Waals surface area contributed by atoms with E-state index in [-0.39, 0.29) is 6.42 Å². The Hall–Kier alpha value is -1.67. The van der Waals surface area contributed by atoms with Gasteiger partial charge in [-0.3, -0.25) is 14.1 Å². The van der Waals surface area contributed by atoms with Crippen molar-refractivity contribution in [3.63, 3.8) is 0 Å². The van der Waals surface area contributed by atoms with Crippen molar-refractivity contribution in [2.45, 2.75) is 126 Å². The van der Waals surface area contributed by atoms with Crippen LogP contribution >= 0.6 is 0 Å². The third-order valence-electron chi connectivity index (χ3n) is 7.47. The zero-order valence-corrected chi connectivity index (χ0v) is 25.4. The first-order valence-electron chi connectivity index (χ1n) is 14.1. The molecule has 0 bridgehead atoms. The fourth-order valence-corrected chi connectivity index (χ4v) is 5.79. The zero-order chi connectivity index (χ0) is 33.9. The van der Waals surface area contributed by atoms with Crippen LogP contribution in [0.1, 0.15) is 40.0 Å². The molecule has 0 radical (unpaired) electrons. The van der Waals surface area contributed by atoms with Crippen LogP contribution in [0.3, 0.4) is 0 Å². The van der Waals surface area contributed by atoms with Gasteiger partial charge in [0.15, 0.2) is 18.8 Å². The molecule has 0 saturated carbocycles. The Balaban J connectivity index is 2.06. The lowest BCUT2D eigenvalue weighted by Gasteiger charge is -2.53. The highest BCUT2D eigenvalue weighted by Gasteiger charge is 2.61. The number of hydrogen-bond donors (Lipinski definition) is 10. The van der Waals surface area contributed by atoms with E-state index in [2.05, 4.69) is 14.8 Å². The Bertz CT molecular complexity index is 1120. The number of aliphatic hydroxyl groups excluding tert-OH is 6. The van der Waals surface area contributed by atoms with Crippen molar-refractivity contribution in [1.82, 2.24) is 10.6 Å². The summed E-state index contributed by atoms with van der Waals surface area (Å²) in [6, 6.07) is 0. The first-order valence-corrected chi connectivity index (χ1v) is 15.5. The van der Waals surface area contributed by atoms with Crippen LogP contribution in [0.15, 0.2) is 0 Å². The summed E-state index contributed by atoms with van der Waals surface area (Å²) in [6.45, 7) is 2.23. The second-order valence-electron chi connectivity index (χ2n) is 11.0. The summed E-state index contributed by atoms with van der Waals surface area (Å²) in [7, 11) is -5.13. The van der Waals surface area contributed by atoms with Gasteiger partial charge in [-0.15, -0.1) is 0 Å². The third-order valence-corrected chi connectivity index (χ3v) is 7.96. The lowest BCUT2D eigenvalue weighted by molar-refractivity contribution is -0.380. The van der Waals surface area contributed by atoms with Gasteiger partial charge in [0.05, 0.1) is 19.3 Å². The van der Waals surface area contributed by atoms with Crippen LogP contribution in [-0.2, 0) is 47.9 Å². The summed E-state index contributed by atoms with van der Waals surface area (Å²) in [5, 5.41) is 78.1. The van der Waals surface area contributed by atoms with Gasteiger partial charge in [-0.2, -0.15) is 8.42 Å². The minimum atomic E-state index is -5.13. The van der Waals surface area contributed by atoms with Gasteiger partial charge in [0.25, 0.3) is 0 Å². The second kappa shape index (κ2) is 15.5. The van der Waals surface area contributed by atoms with Crippen LogP contribution in [0, 0.1) is 0 Å². The first-order chi connectivity index (χ1) is 20.9. The number of rotatable bonds is 12. The number of aliphatic hydroxyl groups is 7. The van der Waals surface area contributed by atoms with E-state index in [1.54, 1.807) is 6.92 Å². The fraction of sp³-hybridized carbons (Fsp3) is 0.917. The van der Waals surface area contributed by atoms with E-state index in [1.807, 2.05) is 0 Å². The van der Waals surface area contributed by atoms with E-state index in [1.165, 1.54) is 6.92 Å². The number of ether oxygens (including phenoxy) is 5. The molecule has 10 N–H and O–H groups in total. The van der Waals surface area contributed by atoms with Crippen molar-refractivity contribution in [3.8, 4) is 0 Å². The summed E-state index contributed by atoms with van der Waals surface area (Å²) in [5.41, 5.74) is -2.78. The smallest absolute Gasteiger partial charge is 0.394 e. The number of amides is 2. The zero-order valence-electron chi connectivity index (χ0n) is 24.6. The molecule has 3 saturated heterocycles. The van der Waals surface area contributed by atoms with E-state index in [0.29, 0.717) is 6.42 Å². The van der Waals surface area contributed by atoms with Crippen molar-refractivity contribution in [3.05, 3.63) is 0 Å². The largest absolute Gasteiger partial charge is 0.397 e. The van der Waals surface area contributed by atoms with Crippen molar-refractivity contribution in [1.29, 1.82) is 0 Å². The van der Waals surface area contributed by atoms with E-state index in [9.17, 15) is 58.3 Å². The van der Waals surface area contributed by atoms with Gasteiger partial charge in [-0.25, -0.2) is 4.18 Å². The van der Waals surface area contributed by atoms with Gasteiger partial charge in [0.2, 0.25) is 17.5 Å². The Morgan fingerprint density at radius 2 is 1.60 bits per heavy atom. The van der Waals surface area contributed by atoms with Crippen LogP contribution in [-0.4, -0.2) is 159 Å². The molecule has 3 aliphatic heterocycles. The highest BCUT2D eigenvalue weighted by Crippen LogP contribution is 2.37. The SMILES string of the molecule is CCCC(=O)N[C@@H]1O[C@H](CO)[C@@H](O[C@H]2C[C@@H](OS(=O)(=O)O)[C@@H](O)[C@@H](CO)O2)[C@H](O[C@@H]2O[C@@H](C)[C@@H](O)[C@@H](O)[C@@H]2O)[C@]1(O)NC(C)=O. The third kappa shape index (κ3) is 9.03. The van der Waals surface area contributed by atoms with Crippen molar-refractivity contribution < 1.29 is 86.2 Å². The second-order valence-corrected chi connectivity index (χ2v) is 12.0. The number of nitrogens with one attached hydrogen (secondary N) is 2. The summed E-state index contributed by atoms with van der Waals surface area (Å²) in [4.78, 5) is 24.9. The maximum Gasteiger partial charge on any atom is 0.397 e. The summed E-state index contributed by atoms with van der Waals surface area (Å²) < 4.78 is 65.0. The number of hydrogen-bond acceptors (Lipinski definition) is 17. The summed E-state index contributed by atoms with van der Waals surface area (Å²) >= 11 is 0. The average Bonchev–Trinajstić information content (AvgIpc) is 2.94. The quantitative estimate of drug-likeness (QED) is 0.0680. The van der Waals surface area contributed by atoms with Crippen LogP contribution in [0.5, 0.6) is 0 Å². The molecule has 20 nitrogen and oxygen atoms in total. The van der Waals surface area contributed by atoms with Crippen molar-refractivity contribution in [2.75, 3.05) is 13.2 Å². The lowest BCUT2D eigenvalue weighted by Crippen LogP contribution is -2.78. The molecule has 45 heavy (non-hydrogen) atoms. The standard InChI is InChI=1S/C24H42N2O18S/c1-4-5-14(30)25-23-24(35,26-10(3)29)21(43-22-19(34)18(33)16(31)9(2)39-22)20(13(8-28)41-23)42-15-6-11(44-45(36,37)38)17(32)12(7-27)40-15/h9,11-13,15-23,27-28,31-35H,4-8H2,1-3H3,(H,25,30)(H,26,29)(H,36,37,38)/t9-,11+,12+,13+,15-,16+,17+,18+,19-,20+,21-,22-,23+,24+/m0/s1. The predicted octanol–water partition coefficient (Wildman–Crippen LogP) is -5.30. The molecule has 0 aromatic rings. The molecule has 3 fully saturated rings. The minimum absolute atomic E-state index is 0.0484. The van der Waals surface area contributed by atoms with Crippen LogP contribution < -0.4 is 10.6 Å². The molecule has 0 aromatic heterocycles. The Morgan fingerprint density at radius 1 is 0.956 bits per heavy atom. The molecule has 262 valence electrons. The lowest BCUT2D eigenvalue weighted by atomic mass is 9.90. The highest BCUT2D eigenvalue weighted by molar-refractivity contribution is 7.80. The molecule has 0 spiro atoms. The maximum atomic E-state index is 12.6. The average molecular weight is 679 g/mol. The molecular weight excluding hydrogens is 636 g/mol. The molecule has 14 atom stereocenters. The van der Waals surface area contributed by atoms with Gasteiger partial charge in [-0.05, 0) is 13.3 Å². The summed E-state index contributed by atoms with van der Waals surface area (Å²) in [6.07, 6.45) is -22.5. The van der Waals surface area contributed by atoms with Crippen LogP contribution in [0.4, 0.5) is 0 Å². The number of carbonyl (C=O) groups excluding carboxylic acids is 2. The van der Waals surface area contributed by atoms with Crippen molar-refractivity contribution in [2.24, 2.45) is 0 Å². The molecule has 3 aliphatic rings. The van der Waals surface area contributed by atoms with E-state index < -0.39 is 127 Å². The van der Waals surface area contributed by atoms with E-state index in [4.69, 9.17) is 23.7 Å². The maximum absolute atomic E-state index is 12.6. The van der Waals surface area contributed by atoms with Gasteiger partial charge < -0.3 is 70.1 Å². The van der Waals surface area contributed by atoms with Crippen molar-refractivity contribution >= 4 is 22.2 Å². The Morgan fingerprint density at radius 3 is 2.16 bits per heavy atom. The van der Waals surface area contributed by atoms with E-state index in [0.717, 1.165) is 6.92 Å². The fourth-order valence-electron chi connectivity index (χ4n) is 5.28. The number of carbonyl (C=O) groups is 2. The minimum Gasteiger partial charge on any atom is -0.394 e. The van der Waals surface area contributed by atoms with Crippen LogP contribution in [0.2, 0.25) is 0 Å². The van der Waals surface area contributed by atoms with Gasteiger partial charge >= 0.3 is 10.4 Å². The topological polar surface area (TPSA) is 310 Å². The van der Waals surface area contributed by atoms with Gasteiger partial charge in [0, 0.05) is 19.8 Å². The molecule has 3 heterocycles. The molecule has 2 amide bonds. The van der Waals surface area contributed by atoms with E-state index >= 15 is 0 Å². The molecular formula is C24H42N2O18S. The molecule has 0 unspecified atom stereocenters. The Labute approximate surface area is 258 Å². The van der Waals surface area contributed by atoms with Gasteiger partial charge in [-0.1, -0.05) is 6.92 Å².